The van der Waals surface area contributed by atoms with Crippen molar-refractivity contribution in [2.24, 2.45) is 5.41 Å². The number of aryl methyl sites for hydroxylation is 2. The molecule has 18 heavy (non-hydrogen) atoms. The van der Waals surface area contributed by atoms with E-state index in [1.54, 1.807) is 0 Å². The lowest BCUT2D eigenvalue weighted by Crippen LogP contribution is -2.58. The molecule has 0 aromatic carbocycles. The zero-order chi connectivity index (χ0) is 13.3. The van der Waals surface area contributed by atoms with Crippen LogP contribution in [-0.4, -0.2) is 28.7 Å². The van der Waals surface area contributed by atoms with Crippen LogP contribution >= 0.6 is 0 Å². The number of nitrogens with zero attached hydrogens (tertiary/aromatic N) is 2. The normalized spacial score (nSPS) is 25.6. The number of anilines is 1. The average Bonchev–Trinajstić information content (AvgIpc) is 2.26. The van der Waals surface area contributed by atoms with E-state index < -0.39 is 0 Å². The Kier molecular flexibility index (Phi) is 3.57. The Balaban J connectivity index is 2.03. The van der Waals surface area contributed by atoms with Gasteiger partial charge in [0, 0.05) is 29.5 Å². The fraction of sp³-hybridized carbons (Fsp3) is 0.714. The third-order valence-electron chi connectivity index (χ3n) is 3.83. The molecule has 2 unspecified atom stereocenters. The summed E-state index contributed by atoms with van der Waals surface area (Å²) in [5, 5.41) is 3.44. The van der Waals surface area contributed by atoms with E-state index in [4.69, 9.17) is 4.74 Å². The highest BCUT2D eigenvalue weighted by Gasteiger charge is 2.49. The molecule has 100 valence electrons. The van der Waals surface area contributed by atoms with Crippen molar-refractivity contribution in [1.29, 1.82) is 0 Å². The summed E-state index contributed by atoms with van der Waals surface area (Å²) in [4.78, 5) is 8.86. The summed E-state index contributed by atoms with van der Waals surface area (Å²) in [6.07, 6.45) is 1.36. The first-order chi connectivity index (χ1) is 8.43. The molecule has 0 spiro atoms. The summed E-state index contributed by atoms with van der Waals surface area (Å²) >= 11 is 0. The number of hydrogen-bond acceptors (Lipinski definition) is 4. The highest BCUT2D eigenvalue weighted by molar-refractivity contribution is 5.32. The predicted molar refractivity (Wildman–Crippen MR) is 72.7 cm³/mol. The van der Waals surface area contributed by atoms with Crippen molar-refractivity contribution < 1.29 is 4.74 Å². The molecule has 1 aromatic rings. The van der Waals surface area contributed by atoms with Gasteiger partial charge in [0.05, 0.1) is 6.10 Å². The van der Waals surface area contributed by atoms with Gasteiger partial charge in [-0.15, -0.1) is 0 Å². The molecule has 0 bridgehead atoms. The van der Waals surface area contributed by atoms with Gasteiger partial charge >= 0.3 is 0 Å². The van der Waals surface area contributed by atoms with Gasteiger partial charge in [-0.25, -0.2) is 9.97 Å². The molecule has 2 atom stereocenters. The van der Waals surface area contributed by atoms with E-state index in [1.807, 2.05) is 26.8 Å². The Morgan fingerprint density at radius 3 is 2.44 bits per heavy atom. The minimum atomic E-state index is 0.136. The summed E-state index contributed by atoms with van der Waals surface area (Å²) in [5.41, 5.74) is 2.14. The van der Waals surface area contributed by atoms with E-state index in [-0.39, 0.29) is 5.41 Å². The van der Waals surface area contributed by atoms with Crippen LogP contribution in [0.2, 0.25) is 0 Å². The van der Waals surface area contributed by atoms with Crippen molar-refractivity contribution in [3.05, 3.63) is 17.5 Å². The topological polar surface area (TPSA) is 47.0 Å². The zero-order valence-electron chi connectivity index (χ0n) is 11.9. The van der Waals surface area contributed by atoms with Crippen molar-refractivity contribution in [2.75, 3.05) is 11.9 Å². The van der Waals surface area contributed by atoms with Gasteiger partial charge in [0.25, 0.3) is 0 Å². The highest BCUT2D eigenvalue weighted by Crippen LogP contribution is 2.43. The maximum absolute atomic E-state index is 5.73. The number of ether oxygens (including phenoxy) is 1. The minimum absolute atomic E-state index is 0.136. The van der Waals surface area contributed by atoms with Crippen LogP contribution in [0.3, 0.4) is 0 Å². The molecule has 1 saturated carbocycles. The maximum Gasteiger partial charge on any atom is 0.223 e. The molecule has 2 rings (SSSR count). The van der Waals surface area contributed by atoms with Gasteiger partial charge in [-0.3, -0.25) is 0 Å². The average molecular weight is 249 g/mol. The molecule has 1 N–H and O–H groups in total. The first-order valence-electron chi connectivity index (χ1n) is 6.64. The summed E-state index contributed by atoms with van der Waals surface area (Å²) in [6, 6.07) is 2.37. The molecule has 0 saturated heterocycles. The molecule has 0 aliphatic heterocycles. The van der Waals surface area contributed by atoms with Crippen LogP contribution in [0.1, 0.15) is 38.6 Å². The highest BCUT2D eigenvalue weighted by atomic mass is 16.5. The first-order valence-corrected chi connectivity index (χ1v) is 6.64. The summed E-state index contributed by atoms with van der Waals surface area (Å²) in [7, 11) is 0. The van der Waals surface area contributed by atoms with E-state index in [0.717, 1.165) is 30.4 Å². The molecule has 1 aliphatic carbocycles. The Hall–Kier alpha value is -1.16. The monoisotopic (exact) mass is 249 g/mol. The van der Waals surface area contributed by atoms with Crippen molar-refractivity contribution in [2.45, 2.75) is 53.2 Å². The second-order valence-electron chi connectivity index (χ2n) is 5.67. The van der Waals surface area contributed by atoms with Crippen LogP contribution in [0.5, 0.6) is 0 Å². The molecule has 1 aromatic heterocycles. The molecular weight excluding hydrogens is 226 g/mol. The lowest BCUT2D eigenvalue weighted by molar-refractivity contribution is -0.0977. The van der Waals surface area contributed by atoms with Gasteiger partial charge in [-0.05, 0) is 33.3 Å². The Labute approximate surface area is 109 Å². The van der Waals surface area contributed by atoms with E-state index in [2.05, 4.69) is 29.1 Å². The van der Waals surface area contributed by atoms with Crippen LogP contribution in [0, 0.1) is 19.3 Å². The van der Waals surface area contributed by atoms with E-state index in [1.165, 1.54) is 0 Å². The largest absolute Gasteiger partial charge is 0.378 e. The Morgan fingerprint density at radius 1 is 1.33 bits per heavy atom. The number of rotatable bonds is 4. The van der Waals surface area contributed by atoms with Gasteiger partial charge in [0.15, 0.2) is 0 Å². The number of nitrogens with one attached hydrogen (secondary N) is 1. The molecule has 1 heterocycles. The van der Waals surface area contributed by atoms with Crippen molar-refractivity contribution in [3.8, 4) is 0 Å². The zero-order valence-corrected chi connectivity index (χ0v) is 11.9. The van der Waals surface area contributed by atoms with Gasteiger partial charge in [-0.1, -0.05) is 13.8 Å². The third kappa shape index (κ3) is 2.48. The Bertz CT molecular complexity index is 411. The minimum Gasteiger partial charge on any atom is -0.378 e. The van der Waals surface area contributed by atoms with Gasteiger partial charge in [-0.2, -0.15) is 0 Å². The van der Waals surface area contributed by atoms with E-state index >= 15 is 0 Å². The standard InChI is InChI=1S/C14H23N3O/c1-6-18-12-8-11(14(12,4)5)17-13-15-9(2)7-10(3)16-13/h7,11-12H,6,8H2,1-5H3,(H,15,16,17). The fourth-order valence-electron chi connectivity index (χ4n) is 2.56. The molecular formula is C14H23N3O. The molecule has 4 heteroatoms. The van der Waals surface area contributed by atoms with Gasteiger partial charge < -0.3 is 10.1 Å². The van der Waals surface area contributed by atoms with Crippen molar-refractivity contribution in [3.63, 3.8) is 0 Å². The molecule has 0 amide bonds. The third-order valence-corrected chi connectivity index (χ3v) is 3.83. The van der Waals surface area contributed by atoms with Gasteiger partial charge in [0.1, 0.15) is 0 Å². The number of hydrogen-bond donors (Lipinski definition) is 1. The van der Waals surface area contributed by atoms with Crippen molar-refractivity contribution in [1.82, 2.24) is 9.97 Å². The van der Waals surface area contributed by atoms with Crippen molar-refractivity contribution >= 4 is 5.95 Å². The molecule has 1 fully saturated rings. The number of aromatic nitrogens is 2. The SMILES string of the molecule is CCOC1CC(Nc2nc(C)cc(C)n2)C1(C)C. The van der Waals surface area contributed by atoms with E-state index in [9.17, 15) is 0 Å². The van der Waals surface area contributed by atoms with Crippen LogP contribution in [0.4, 0.5) is 5.95 Å². The first kappa shape index (κ1) is 13.3. The maximum atomic E-state index is 5.73. The predicted octanol–water partition coefficient (Wildman–Crippen LogP) is 2.71. The second kappa shape index (κ2) is 4.84. The summed E-state index contributed by atoms with van der Waals surface area (Å²) in [5.74, 6) is 0.737. The van der Waals surface area contributed by atoms with Crippen LogP contribution in [-0.2, 0) is 4.74 Å². The fourth-order valence-corrected chi connectivity index (χ4v) is 2.56. The van der Waals surface area contributed by atoms with E-state index in [0.29, 0.717) is 12.1 Å². The van der Waals surface area contributed by atoms with Crippen LogP contribution < -0.4 is 5.32 Å². The quantitative estimate of drug-likeness (QED) is 0.891. The summed E-state index contributed by atoms with van der Waals surface area (Å²) < 4.78 is 5.73. The molecule has 1 aliphatic rings. The lowest BCUT2D eigenvalue weighted by atomic mass is 9.64. The van der Waals surface area contributed by atoms with Gasteiger partial charge in [0.2, 0.25) is 5.95 Å². The summed E-state index contributed by atoms with van der Waals surface area (Å²) in [6.45, 7) is 11.3. The van der Waals surface area contributed by atoms with Crippen LogP contribution in [0.25, 0.3) is 0 Å². The molecule has 0 radical (unpaired) electrons. The lowest BCUT2D eigenvalue weighted by Gasteiger charge is -2.51. The van der Waals surface area contributed by atoms with Crippen LogP contribution in [0.15, 0.2) is 6.07 Å². The Morgan fingerprint density at radius 2 is 1.94 bits per heavy atom. The second-order valence-corrected chi connectivity index (χ2v) is 5.67. The molecule has 4 nitrogen and oxygen atoms in total. The smallest absolute Gasteiger partial charge is 0.223 e.